The largest absolute Gasteiger partial charge is 0.491 e. The van der Waals surface area contributed by atoms with E-state index in [-0.39, 0.29) is 18.9 Å². The van der Waals surface area contributed by atoms with Crippen LogP contribution in [-0.2, 0) is 9.59 Å². The van der Waals surface area contributed by atoms with E-state index >= 15 is 0 Å². The van der Waals surface area contributed by atoms with Gasteiger partial charge in [-0.05, 0) is 64.0 Å². The van der Waals surface area contributed by atoms with Crippen molar-refractivity contribution in [2.24, 2.45) is 5.73 Å². The SMILES string of the molecule is C[C@@H](c1ccccc1)[C@H](NC(=O)[C@H](N)c1ccc(OCCO)cc1)C(=O)Nc1ccc(I)cc1F. The number of aliphatic hydroxyl groups excluding tert-OH is 1. The highest BCUT2D eigenvalue weighted by molar-refractivity contribution is 14.1. The molecule has 2 amide bonds. The molecule has 0 aliphatic rings. The monoisotopic (exact) mass is 591 g/mol. The van der Waals surface area contributed by atoms with Gasteiger partial charge in [-0.1, -0.05) is 49.4 Å². The maximum Gasteiger partial charge on any atom is 0.247 e. The number of carbonyl (C=O) groups is 2. The van der Waals surface area contributed by atoms with E-state index in [1.54, 1.807) is 30.3 Å². The van der Waals surface area contributed by atoms with E-state index in [1.165, 1.54) is 12.1 Å². The number of hydrogen-bond acceptors (Lipinski definition) is 5. The molecule has 0 aliphatic carbocycles. The Bertz CT molecular complexity index is 1150. The lowest BCUT2D eigenvalue weighted by Gasteiger charge is -2.26. The smallest absolute Gasteiger partial charge is 0.247 e. The Morgan fingerprint density at radius 1 is 1.03 bits per heavy atom. The molecule has 9 heteroatoms. The average molecular weight is 591 g/mol. The average Bonchev–Trinajstić information content (AvgIpc) is 2.87. The molecule has 5 N–H and O–H groups in total. The summed E-state index contributed by atoms with van der Waals surface area (Å²) in [6, 6.07) is 18.2. The van der Waals surface area contributed by atoms with Gasteiger partial charge in [0.15, 0.2) is 0 Å². The van der Waals surface area contributed by atoms with Crippen LogP contribution in [0.25, 0.3) is 0 Å². The van der Waals surface area contributed by atoms with Crippen molar-refractivity contribution >= 4 is 40.1 Å². The van der Waals surface area contributed by atoms with Crippen LogP contribution in [0.1, 0.15) is 30.0 Å². The van der Waals surface area contributed by atoms with E-state index in [0.717, 1.165) is 5.56 Å². The second kappa shape index (κ2) is 12.6. The van der Waals surface area contributed by atoms with Crippen LogP contribution in [0.15, 0.2) is 72.8 Å². The molecule has 3 aromatic rings. The van der Waals surface area contributed by atoms with E-state index in [2.05, 4.69) is 10.6 Å². The van der Waals surface area contributed by atoms with Gasteiger partial charge < -0.3 is 26.2 Å². The molecule has 0 aromatic heterocycles. The molecule has 0 saturated heterocycles. The third kappa shape index (κ3) is 7.23. The minimum absolute atomic E-state index is 0.0256. The molecule has 0 fully saturated rings. The maximum absolute atomic E-state index is 14.4. The van der Waals surface area contributed by atoms with Crippen LogP contribution in [0.3, 0.4) is 0 Å². The lowest BCUT2D eigenvalue weighted by molar-refractivity contribution is -0.127. The predicted octanol–water partition coefficient (Wildman–Crippen LogP) is 3.73. The summed E-state index contributed by atoms with van der Waals surface area (Å²) in [5.74, 6) is -1.57. The quantitative estimate of drug-likeness (QED) is 0.269. The molecule has 0 bridgehead atoms. The Kier molecular flexibility index (Phi) is 9.58. The number of hydrogen-bond donors (Lipinski definition) is 4. The molecule has 3 rings (SSSR count). The summed E-state index contributed by atoms with van der Waals surface area (Å²) < 4.78 is 20.4. The number of nitrogens with two attached hydrogens (primary N) is 1. The summed E-state index contributed by atoms with van der Waals surface area (Å²) in [5, 5.41) is 14.2. The number of benzene rings is 3. The number of aliphatic hydroxyl groups is 1. The molecule has 0 saturated carbocycles. The van der Waals surface area contributed by atoms with Gasteiger partial charge in [-0.3, -0.25) is 9.59 Å². The van der Waals surface area contributed by atoms with Crippen LogP contribution in [0.4, 0.5) is 10.1 Å². The van der Waals surface area contributed by atoms with E-state index in [9.17, 15) is 14.0 Å². The standard InChI is InChI=1S/C26H27FIN3O4/c1-16(17-5-3-2-4-6-17)24(26(34)30-22-12-9-19(28)15-21(22)27)31-25(33)23(29)18-7-10-20(11-8-18)35-14-13-32/h2-12,15-16,23-24,32H,13-14,29H2,1H3,(H,30,34)(H,31,33)/t16-,23+,24-/m0/s1. The maximum atomic E-state index is 14.4. The minimum Gasteiger partial charge on any atom is -0.491 e. The summed E-state index contributed by atoms with van der Waals surface area (Å²) >= 11 is 1.98. The van der Waals surface area contributed by atoms with Crippen LogP contribution in [0.2, 0.25) is 0 Å². The fourth-order valence-electron chi connectivity index (χ4n) is 3.50. The fourth-order valence-corrected chi connectivity index (χ4v) is 3.95. The lowest BCUT2D eigenvalue weighted by atomic mass is 9.92. The Morgan fingerprint density at radius 3 is 2.34 bits per heavy atom. The first-order chi connectivity index (χ1) is 16.8. The van der Waals surface area contributed by atoms with Gasteiger partial charge in [0, 0.05) is 9.49 Å². The van der Waals surface area contributed by atoms with E-state index < -0.39 is 35.6 Å². The van der Waals surface area contributed by atoms with Gasteiger partial charge in [-0.2, -0.15) is 0 Å². The zero-order chi connectivity index (χ0) is 25.4. The molecule has 0 aliphatic heterocycles. The van der Waals surface area contributed by atoms with Gasteiger partial charge in [0.05, 0.1) is 12.3 Å². The van der Waals surface area contributed by atoms with Crippen molar-refractivity contribution in [3.63, 3.8) is 0 Å². The molecule has 0 unspecified atom stereocenters. The molecule has 0 heterocycles. The van der Waals surface area contributed by atoms with Crippen molar-refractivity contribution in [3.8, 4) is 5.75 Å². The zero-order valence-corrected chi connectivity index (χ0v) is 21.2. The van der Waals surface area contributed by atoms with E-state index in [0.29, 0.717) is 14.9 Å². The first-order valence-electron chi connectivity index (χ1n) is 11.0. The van der Waals surface area contributed by atoms with E-state index in [4.69, 9.17) is 15.6 Å². The molecule has 0 radical (unpaired) electrons. The molecular weight excluding hydrogens is 564 g/mol. The fraction of sp³-hybridized carbons (Fsp3) is 0.231. The van der Waals surface area contributed by atoms with Gasteiger partial charge in [0.25, 0.3) is 0 Å². The zero-order valence-electron chi connectivity index (χ0n) is 19.1. The summed E-state index contributed by atoms with van der Waals surface area (Å²) in [7, 11) is 0. The first-order valence-corrected chi connectivity index (χ1v) is 12.1. The number of anilines is 1. The number of carbonyl (C=O) groups excluding carboxylic acids is 2. The van der Waals surface area contributed by atoms with E-state index in [1.807, 2.05) is 59.8 Å². The van der Waals surface area contributed by atoms with Gasteiger partial charge in [-0.15, -0.1) is 0 Å². The Hall–Kier alpha value is -3.02. The highest BCUT2D eigenvalue weighted by Crippen LogP contribution is 2.24. The molecule has 0 spiro atoms. The molecule has 35 heavy (non-hydrogen) atoms. The summed E-state index contributed by atoms with van der Waals surface area (Å²) in [6.45, 7) is 1.85. The summed E-state index contributed by atoms with van der Waals surface area (Å²) in [6.07, 6.45) is 0. The predicted molar refractivity (Wildman–Crippen MR) is 140 cm³/mol. The van der Waals surface area contributed by atoms with Gasteiger partial charge in [0.2, 0.25) is 11.8 Å². The highest BCUT2D eigenvalue weighted by Gasteiger charge is 2.30. The van der Waals surface area contributed by atoms with Crippen molar-refractivity contribution in [2.45, 2.75) is 24.9 Å². The van der Waals surface area contributed by atoms with Crippen molar-refractivity contribution in [3.05, 3.63) is 93.3 Å². The number of nitrogens with one attached hydrogen (secondary N) is 2. The highest BCUT2D eigenvalue weighted by atomic mass is 127. The number of amides is 2. The third-order valence-electron chi connectivity index (χ3n) is 5.48. The molecule has 3 aromatic carbocycles. The lowest BCUT2D eigenvalue weighted by Crippen LogP contribution is -2.49. The Labute approximate surface area is 217 Å². The number of halogens is 2. The van der Waals surface area contributed by atoms with Crippen LogP contribution in [-0.4, -0.2) is 36.2 Å². The Morgan fingerprint density at radius 2 is 1.71 bits per heavy atom. The topological polar surface area (TPSA) is 114 Å². The van der Waals surface area contributed by atoms with Crippen LogP contribution >= 0.6 is 22.6 Å². The minimum atomic E-state index is -1.05. The second-order valence-electron chi connectivity index (χ2n) is 7.92. The summed E-state index contributed by atoms with van der Waals surface area (Å²) in [4.78, 5) is 26.3. The Balaban J connectivity index is 1.80. The van der Waals surface area contributed by atoms with Crippen molar-refractivity contribution in [1.29, 1.82) is 0 Å². The normalized spacial score (nSPS) is 13.4. The van der Waals surface area contributed by atoms with Crippen LogP contribution in [0.5, 0.6) is 5.75 Å². The summed E-state index contributed by atoms with van der Waals surface area (Å²) in [5.41, 5.74) is 7.56. The second-order valence-corrected chi connectivity index (χ2v) is 9.16. The van der Waals surface area contributed by atoms with Crippen molar-refractivity contribution in [2.75, 3.05) is 18.5 Å². The molecule has 3 atom stereocenters. The first kappa shape index (κ1) is 26.6. The van der Waals surface area contributed by atoms with Crippen LogP contribution < -0.4 is 21.1 Å². The van der Waals surface area contributed by atoms with Crippen LogP contribution in [0, 0.1) is 9.39 Å². The van der Waals surface area contributed by atoms with Gasteiger partial charge in [0.1, 0.15) is 30.3 Å². The van der Waals surface area contributed by atoms with Crippen molar-refractivity contribution < 1.29 is 23.8 Å². The molecular formula is C26H27FIN3O4. The third-order valence-corrected chi connectivity index (χ3v) is 6.15. The number of rotatable bonds is 10. The number of ether oxygens (including phenoxy) is 1. The van der Waals surface area contributed by atoms with Gasteiger partial charge >= 0.3 is 0 Å². The van der Waals surface area contributed by atoms with Crippen molar-refractivity contribution in [1.82, 2.24) is 5.32 Å². The molecule has 184 valence electrons. The molecule has 7 nitrogen and oxygen atoms in total. The van der Waals surface area contributed by atoms with Gasteiger partial charge in [-0.25, -0.2) is 4.39 Å².